The molecule has 3 aromatic rings. The predicted octanol–water partition coefficient (Wildman–Crippen LogP) is 4.28. The third-order valence-electron chi connectivity index (χ3n) is 3.46. The summed E-state index contributed by atoms with van der Waals surface area (Å²) in [5, 5.41) is 1.12. The van der Waals surface area contributed by atoms with Gasteiger partial charge in [-0.05, 0) is 13.0 Å². The van der Waals surface area contributed by atoms with Gasteiger partial charge in [-0.2, -0.15) is 0 Å². The van der Waals surface area contributed by atoms with Crippen molar-refractivity contribution in [3.63, 3.8) is 0 Å². The van der Waals surface area contributed by atoms with Gasteiger partial charge in [-0.3, -0.25) is 0 Å². The minimum Gasteiger partial charge on any atom is -0.493 e. The summed E-state index contributed by atoms with van der Waals surface area (Å²) in [6, 6.07) is 11.6. The molecule has 5 heteroatoms. The quantitative estimate of drug-likeness (QED) is 0.677. The molecule has 0 aliphatic carbocycles. The Balaban J connectivity index is 2.21. The molecule has 112 valence electrons. The zero-order chi connectivity index (χ0) is 15.7. The predicted molar refractivity (Wildman–Crippen MR) is 87.8 cm³/mol. The number of hydrogen-bond acceptors (Lipinski definition) is 4. The van der Waals surface area contributed by atoms with E-state index < -0.39 is 0 Å². The Morgan fingerprint density at radius 1 is 0.909 bits per heavy atom. The Morgan fingerprint density at radius 3 is 2.18 bits per heavy atom. The average molecular weight is 315 g/mol. The van der Waals surface area contributed by atoms with Crippen molar-refractivity contribution in [2.45, 2.75) is 6.92 Å². The molecule has 0 N–H and O–H groups in total. The van der Waals surface area contributed by atoms with Gasteiger partial charge in [-0.15, -0.1) is 0 Å². The summed E-state index contributed by atoms with van der Waals surface area (Å²) in [7, 11) is 3.17. The van der Waals surface area contributed by atoms with Crippen LogP contribution in [0.15, 0.2) is 36.4 Å². The number of benzene rings is 2. The average Bonchev–Trinajstić information content (AvgIpc) is 2.54. The lowest BCUT2D eigenvalue weighted by Crippen LogP contribution is -1.95. The molecule has 3 rings (SSSR count). The molecular formula is C17H15ClN2O2. The van der Waals surface area contributed by atoms with Gasteiger partial charge in [0.05, 0.1) is 19.7 Å². The SMILES string of the molecule is COc1cc2nc(-c3ccc(C)cc3)nc(Cl)c2cc1OC. The lowest BCUT2D eigenvalue weighted by molar-refractivity contribution is 0.356. The molecule has 0 bridgehead atoms. The number of ether oxygens (including phenoxy) is 2. The lowest BCUT2D eigenvalue weighted by atomic mass is 10.1. The largest absolute Gasteiger partial charge is 0.493 e. The molecule has 4 nitrogen and oxygen atoms in total. The molecule has 0 atom stereocenters. The van der Waals surface area contributed by atoms with Crippen LogP contribution in [-0.4, -0.2) is 24.2 Å². The maximum atomic E-state index is 6.32. The highest BCUT2D eigenvalue weighted by Gasteiger charge is 2.12. The van der Waals surface area contributed by atoms with E-state index in [-0.39, 0.29) is 0 Å². The van der Waals surface area contributed by atoms with Crippen molar-refractivity contribution in [1.82, 2.24) is 9.97 Å². The van der Waals surface area contributed by atoms with Crippen molar-refractivity contribution >= 4 is 22.5 Å². The van der Waals surface area contributed by atoms with Crippen LogP contribution < -0.4 is 9.47 Å². The van der Waals surface area contributed by atoms with Crippen LogP contribution in [0.4, 0.5) is 0 Å². The topological polar surface area (TPSA) is 44.2 Å². The molecule has 0 aliphatic heterocycles. The van der Waals surface area contributed by atoms with Crippen molar-refractivity contribution in [3.8, 4) is 22.9 Å². The molecule has 0 radical (unpaired) electrons. The first-order valence-electron chi connectivity index (χ1n) is 6.78. The van der Waals surface area contributed by atoms with Gasteiger partial charge in [-0.1, -0.05) is 41.4 Å². The fourth-order valence-corrected chi connectivity index (χ4v) is 2.48. The molecular weight excluding hydrogens is 300 g/mol. The molecule has 0 saturated heterocycles. The fraction of sp³-hybridized carbons (Fsp3) is 0.176. The minimum absolute atomic E-state index is 0.390. The summed E-state index contributed by atoms with van der Waals surface area (Å²) in [5.74, 6) is 1.80. The number of aromatic nitrogens is 2. The van der Waals surface area contributed by atoms with E-state index in [1.807, 2.05) is 31.2 Å². The van der Waals surface area contributed by atoms with Crippen molar-refractivity contribution in [1.29, 1.82) is 0 Å². The van der Waals surface area contributed by atoms with Crippen molar-refractivity contribution < 1.29 is 9.47 Å². The van der Waals surface area contributed by atoms with E-state index in [1.54, 1.807) is 26.4 Å². The normalized spacial score (nSPS) is 10.7. The van der Waals surface area contributed by atoms with Crippen LogP contribution in [0.5, 0.6) is 11.5 Å². The third kappa shape index (κ3) is 2.57. The van der Waals surface area contributed by atoms with Gasteiger partial charge in [0.1, 0.15) is 5.15 Å². The van der Waals surface area contributed by atoms with Crippen LogP contribution in [0.1, 0.15) is 5.56 Å². The monoisotopic (exact) mass is 314 g/mol. The number of methoxy groups -OCH3 is 2. The minimum atomic E-state index is 0.390. The van der Waals surface area contributed by atoms with Gasteiger partial charge in [0.15, 0.2) is 17.3 Å². The summed E-state index contributed by atoms with van der Waals surface area (Å²) in [6.45, 7) is 2.04. The van der Waals surface area contributed by atoms with Crippen molar-refractivity contribution in [2.24, 2.45) is 0 Å². The van der Waals surface area contributed by atoms with E-state index >= 15 is 0 Å². The Hall–Kier alpha value is -2.33. The highest BCUT2D eigenvalue weighted by Crippen LogP contribution is 2.34. The molecule has 0 unspecified atom stereocenters. The number of aryl methyl sites for hydroxylation is 1. The maximum Gasteiger partial charge on any atom is 0.162 e. The van der Waals surface area contributed by atoms with Crippen LogP contribution in [0, 0.1) is 6.92 Å². The number of halogens is 1. The van der Waals surface area contributed by atoms with Crippen LogP contribution in [0.3, 0.4) is 0 Å². The second kappa shape index (κ2) is 5.81. The number of fused-ring (bicyclic) bond motifs is 1. The van der Waals surface area contributed by atoms with E-state index in [0.29, 0.717) is 28.0 Å². The van der Waals surface area contributed by atoms with E-state index in [0.717, 1.165) is 10.9 Å². The zero-order valence-electron chi connectivity index (χ0n) is 12.6. The summed E-state index contributed by atoms with van der Waals surface area (Å²) in [4.78, 5) is 8.98. The van der Waals surface area contributed by atoms with Crippen LogP contribution >= 0.6 is 11.6 Å². The van der Waals surface area contributed by atoms with E-state index in [9.17, 15) is 0 Å². The highest BCUT2D eigenvalue weighted by atomic mass is 35.5. The van der Waals surface area contributed by atoms with Gasteiger partial charge in [-0.25, -0.2) is 9.97 Å². The van der Waals surface area contributed by atoms with Crippen LogP contribution in [-0.2, 0) is 0 Å². The molecule has 0 aliphatic rings. The van der Waals surface area contributed by atoms with Gasteiger partial charge in [0.2, 0.25) is 0 Å². The Morgan fingerprint density at radius 2 is 1.55 bits per heavy atom. The first-order valence-corrected chi connectivity index (χ1v) is 7.16. The maximum absolute atomic E-state index is 6.32. The number of hydrogen-bond donors (Lipinski definition) is 0. The van der Waals surface area contributed by atoms with Crippen molar-refractivity contribution in [3.05, 3.63) is 47.1 Å². The van der Waals surface area contributed by atoms with Gasteiger partial charge in [0, 0.05) is 17.0 Å². The molecule has 1 aromatic heterocycles. The Labute approximate surface area is 133 Å². The second-order valence-corrected chi connectivity index (χ2v) is 5.29. The molecule has 0 fully saturated rings. The standard InChI is InChI=1S/C17H15ClN2O2/c1-10-4-6-11(7-5-10)17-19-13-9-15(22-3)14(21-2)8-12(13)16(18)20-17/h4-9H,1-3H3. The van der Waals surface area contributed by atoms with Crippen LogP contribution in [0.2, 0.25) is 5.15 Å². The first kappa shape index (κ1) is 14.6. The summed E-state index contributed by atoms with van der Waals surface area (Å²) in [5.41, 5.74) is 2.82. The van der Waals surface area contributed by atoms with Crippen molar-refractivity contribution in [2.75, 3.05) is 14.2 Å². The van der Waals surface area contributed by atoms with Gasteiger partial charge < -0.3 is 9.47 Å². The summed E-state index contributed by atoms with van der Waals surface area (Å²) in [6.07, 6.45) is 0. The fourth-order valence-electron chi connectivity index (χ4n) is 2.25. The van der Waals surface area contributed by atoms with E-state index in [4.69, 9.17) is 21.1 Å². The zero-order valence-corrected chi connectivity index (χ0v) is 13.3. The summed E-state index contributed by atoms with van der Waals surface area (Å²) >= 11 is 6.32. The van der Waals surface area contributed by atoms with E-state index in [2.05, 4.69) is 9.97 Å². The van der Waals surface area contributed by atoms with Gasteiger partial charge >= 0.3 is 0 Å². The second-order valence-electron chi connectivity index (χ2n) is 4.93. The Bertz CT molecular complexity index is 832. The molecule has 0 spiro atoms. The van der Waals surface area contributed by atoms with Crippen LogP contribution in [0.25, 0.3) is 22.3 Å². The molecule has 0 amide bonds. The number of nitrogens with zero attached hydrogens (tertiary/aromatic N) is 2. The van der Waals surface area contributed by atoms with E-state index in [1.165, 1.54) is 5.56 Å². The lowest BCUT2D eigenvalue weighted by Gasteiger charge is -2.10. The molecule has 1 heterocycles. The highest BCUT2D eigenvalue weighted by molar-refractivity contribution is 6.34. The third-order valence-corrected chi connectivity index (χ3v) is 3.75. The summed E-state index contributed by atoms with van der Waals surface area (Å²) < 4.78 is 10.6. The van der Waals surface area contributed by atoms with Gasteiger partial charge in [0.25, 0.3) is 0 Å². The first-order chi connectivity index (χ1) is 10.6. The molecule has 0 saturated carbocycles. The molecule has 2 aromatic carbocycles. The Kier molecular flexibility index (Phi) is 3.86. The number of rotatable bonds is 3. The smallest absolute Gasteiger partial charge is 0.162 e. The molecule has 22 heavy (non-hydrogen) atoms.